The maximum absolute atomic E-state index is 12.7. The fourth-order valence-electron chi connectivity index (χ4n) is 3.21. The first-order chi connectivity index (χ1) is 13.8. The zero-order valence-corrected chi connectivity index (χ0v) is 15.6. The molecular weight excluding hydrogens is 388 g/mol. The smallest absolute Gasteiger partial charge is 0.342 e. The first-order valence-electron chi connectivity index (χ1n) is 8.61. The van der Waals surface area contributed by atoms with Crippen LogP contribution in [-0.4, -0.2) is 62.9 Å². The van der Waals surface area contributed by atoms with Crippen LogP contribution in [0.3, 0.4) is 0 Å². The summed E-state index contributed by atoms with van der Waals surface area (Å²) < 4.78 is 16.9. The molecule has 1 aliphatic heterocycles. The van der Waals surface area contributed by atoms with Crippen LogP contribution in [0.2, 0.25) is 0 Å². The second kappa shape index (κ2) is 8.07. The summed E-state index contributed by atoms with van der Waals surface area (Å²) in [5.41, 5.74) is -1.07. The highest BCUT2D eigenvalue weighted by Crippen LogP contribution is 2.33. The number of rotatable bonds is 5. The van der Waals surface area contributed by atoms with Crippen molar-refractivity contribution in [1.82, 2.24) is 9.55 Å². The van der Waals surface area contributed by atoms with E-state index in [-0.39, 0.29) is 17.1 Å². The van der Waals surface area contributed by atoms with Crippen LogP contribution in [0, 0.1) is 6.92 Å². The number of phenols is 1. The third-order valence-corrected chi connectivity index (χ3v) is 4.57. The Morgan fingerprint density at radius 3 is 2.69 bits per heavy atom. The van der Waals surface area contributed by atoms with Gasteiger partial charge < -0.3 is 29.5 Å². The normalized spacial score (nSPS) is 23.7. The van der Waals surface area contributed by atoms with Crippen molar-refractivity contribution in [2.45, 2.75) is 31.5 Å². The van der Waals surface area contributed by atoms with Crippen molar-refractivity contribution in [3.05, 3.63) is 56.4 Å². The fraction of sp³-hybridized carbons (Fsp3) is 0.389. The van der Waals surface area contributed by atoms with Crippen LogP contribution < -0.4 is 16.0 Å². The van der Waals surface area contributed by atoms with Gasteiger partial charge in [-0.25, -0.2) is 9.59 Å². The first kappa shape index (κ1) is 20.6. The molecule has 0 radical (unpaired) electrons. The Morgan fingerprint density at radius 2 is 2.07 bits per heavy atom. The number of methoxy groups -OCH3 is 1. The number of benzene rings is 1. The topological polar surface area (TPSA) is 160 Å². The van der Waals surface area contributed by atoms with Gasteiger partial charge in [-0.1, -0.05) is 0 Å². The van der Waals surface area contributed by atoms with E-state index < -0.39 is 48.4 Å². The minimum atomic E-state index is -1.51. The maximum Gasteiger partial charge on any atom is 0.342 e. The highest BCUT2D eigenvalue weighted by atomic mass is 16.6. The summed E-state index contributed by atoms with van der Waals surface area (Å²) >= 11 is 0. The van der Waals surface area contributed by atoms with Crippen molar-refractivity contribution in [3.63, 3.8) is 0 Å². The van der Waals surface area contributed by atoms with E-state index in [0.29, 0.717) is 5.56 Å². The molecule has 0 saturated carbocycles. The molecule has 1 aliphatic rings. The summed E-state index contributed by atoms with van der Waals surface area (Å²) in [5, 5.41) is 29.8. The molecule has 3 rings (SSSR count). The number of hydrogen-bond acceptors (Lipinski definition) is 9. The van der Waals surface area contributed by atoms with E-state index in [1.165, 1.54) is 19.2 Å². The second-order valence-electron chi connectivity index (χ2n) is 6.47. The van der Waals surface area contributed by atoms with Crippen LogP contribution in [0.5, 0.6) is 11.5 Å². The summed E-state index contributed by atoms with van der Waals surface area (Å²) in [7, 11) is 1.31. The molecule has 0 spiro atoms. The van der Waals surface area contributed by atoms with Crippen molar-refractivity contribution in [3.8, 4) is 11.5 Å². The molecule has 1 fully saturated rings. The van der Waals surface area contributed by atoms with Gasteiger partial charge in [-0.05, 0) is 18.6 Å². The third kappa shape index (κ3) is 3.88. The molecule has 1 aromatic heterocycles. The van der Waals surface area contributed by atoms with E-state index in [1.54, 1.807) is 6.92 Å². The summed E-state index contributed by atoms with van der Waals surface area (Å²) in [6.07, 6.45) is -4.11. The van der Waals surface area contributed by atoms with E-state index in [4.69, 9.17) is 14.2 Å². The highest BCUT2D eigenvalue weighted by Gasteiger charge is 2.47. The quantitative estimate of drug-likeness (QED) is 0.457. The van der Waals surface area contributed by atoms with Gasteiger partial charge in [-0.3, -0.25) is 14.3 Å². The average Bonchev–Trinajstić information content (AvgIpc) is 2.96. The van der Waals surface area contributed by atoms with Gasteiger partial charge in [0.1, 0.15) is 29.3 Å². The molecule has 4 unspecified atom stereocenters. The predicted molar refractivity (Wildman–Crippen MR) is 96.9 cm³/mol. The number of aromatic hydroxyl groups is 1. The summed E-state index contributed by atoms with van der Waals surface area (Å²) in [5.74, 6) is -0.916. The van der Waals surface area contributed by atoms with Crippen LogP contribution in [0.25, 0.3) is 0 Å². The maximum atomic E-state index is 12.7. The number of nitrogens with zero attached hydrogens (tertiary/aromatic N) is 1. The highest BCUT2D eigenvalue weighted by molar-refractivity contribution is 5.94. The van der Waals surface area contributed by atoms with E-state index in [9.17, 15) is 29.7 Å². The molecular formula is C18H20N2O9. The van der Waals surface area contributed by atoms with E-state index in [0.717, 1.165) is 16.8 Å². The van der Waals surface area contributed by atoms with Crippen LogP contribution in [0.4, 0.5) is 0 Å². The molecule has 4 N–H and O–H groups in total. The summed E-state index contributed by atoms with van der Waals surface area (Å²) in [4.78, 5) is 38.0. The Balaban J connectivity index is 1.90. The minimum absolute atomic E-state index is 0.0267. The first-order valence-corrected chi connectivity index (χ1v) is 8.61. The second-order valence-corrected chi connectivity index (χ2v) is 6.47. The Labute approximate surface area is 163 Å². The molecule has 0 bridgehead atoms. The van der Waals surface area contributed by atoms with Gasteiger partial charge >= 0.3 is 11.7 Å². The molecule has 2 heterocycles. The van der Waals surface area contributed by atoms with E-state index >= 15 is 0 Å². The molecule has 29 heavy (non-hydrogen) atoms. The lowest BCUT2D eigenvalue weighted by molar-refractivity contribution is -0.0564. The number of hydrogen-bond donors (Lipinski definition) is 4. The van der Waals surface area contributed by atoms with Crippen molar-refractivity contribution >= 4 is 5.97 Å². The molecule has 4 atom stereocenters. The SMILES string of the molecule is COc1cc(O)cc(C)c1C(=O)OC1C(CO)OC(n2ccc(=O)[nH]c2=O)C1O. The standard InChI is InChI=1S/C18H20N2O9/c1-8-5-9(22)6-10(27-2)13(8)17(25)29-15-11(7-21)28-16(14(15)24)20-4-3-12(23)19-18(20)26/h3-6,11,14-16,21-22,24H,7H2,1-2H3,(H,19,23,26). The van der Waals surface area contributed by atoms with E-state index in [1.807, 2.05) is 4.98 Å². The van der Waals surface area contributed by atoms with Gasteiger partial charge in [0.15, 0.2) is 12.3 Å². The van der Waals surface area contributed by atoms with Gasteiger partial charge in [0, 0.05) is 18.3 Å². The number of phenolic OH excluding ortho intramolecular Hbond substituents is 1. The Morgan fingerprint density at radius 1 is 1.34 bits per heavy atom. The zero-order valence-electron chi connectivity index (χ0n) is 15.6. The number of aliphatic hydroxyl groups is 2. The molecule has 0 amide bonds. The Kier molecular flexibility index (Phi) is 5.73. The number of aliphatic hydroxyl groups excluding tert-OH is 2. The number of aromatic nitrogens is 2. The molecule has 11 heteroatoms. The number of aryl methyl sites for hydroxylation is 1. The predicted octanol–water partition coefficient (Wildman–Crippen LogP) is -0.965. The minimum Gasteiger partial charge on any atom is -0.508 e. The number of nitrogens with one attached hydrogen (secondary N) is 1. The third-order valence-electron chi connectivity index (χ3n) is 4.57. The molecule has 1 aromatic carbocycles. The monoisotopic (exact) mass is 408 g/mol. The largest absolute Gasteiger partial charge is 0.508 e. The van der Waals surface area contributed by atoms with Gasteiger partial charge in [-0.15, -0.1) is 0 Å². The molecule has 2 aromatic rings. The molecule has 1 saturated heterocycles. The average molecular weight is 408 g/mol. The number of esters is 1. The molecule has 0 aliphatic carbocycles. The summed E-state index contributed by atoms with van der Waals surface area (Å²) in [6, 6.07) is 3.64. The molecule has 11 nitrogen and oxygen atoms in total. The van der Waals surface area contributed by atoms with Crippen molar-refractivity contribution in [2.75, 3.05) is 13.7 Å². The van der Waals surface area contributed by atoms with Crippen molar-refractivity contribution in [2.24, 2.45) is 0 Å². The van der Waals surface area contributed by atoms with Crippen LogP contribution in [0.1, 0.15) is 22.1 Å². The van der Waals surface area contributed by atoms with Crippen molar-refractivity contribution < 1.29 is 34.3 Å². The number of H-pyrrole nitrogens is 1. The van der Waals surface area contributed by atoms with Crippen LogP contribution in [0.15, 0.2) is 34.0 Å². The number of ether oxygens (including phenoxy) is 3. The van der Waals surface area contributed by atoms with E-state index in [2.05, 4.69) is 0 Å². The lowest BCUT2D eigenvalue weighted by Crippen LogP contribution is -2.40. The number of aromatic amines is 1. The van der Waals surface area contributed by atoms with Gasteiger partial charge in [-0.2, -0.15) is 0 Å². The summed E-state index contributed by atoms with van der Waals surface area (Å²) in [6.45, 7) is 0.960. The number of carbonyl (C=O) groups is 1. The lowest BCUT2D eigenvalue weighted by Gasteiger charge is -2.21. The fourth-order valence-corrected chi connectivity index (χ4v) is 3.21. The zero-order chi connectivity index (χ0) is 21.3. The molecule has 156 valence electrons. The van der Waals surface area contributed by atoms with Crippen molar-refractivity contribution in [1.29, 1.82) is 0 Å². The van der Waals surface area contributed by atoms with Gasteiger partial charge in [0.05, 0.1) is 13.7 Å². The van der Waals surface area contributed by atoms with Crippen LogP contribution >= 0.6 is 0 Å². The Bertz CT molecular complexity index is 1030. The Hall–Kier alpha value is -3.15. The van der Waals surface area contributed by atoms with Crippen LogP contribution in [-0.2, 0) is 9.47 Å². The van der Waals surface area contributed by atoms with Gasteiger partial charge in [0.25, 0.3) is 5.56 Å². The van der Waals surface area contributed by atoms with Gasteiger partial charge in [0.2, 0.25) is 0 Å². The lowest BCUT2D eigenvalue weighted by atomic mass is 10.1. The number of carbonyl (C=O) groups excluding carboxylic acids is 1.